The van der Waals surface area contributed by atoms with Crippen LogP contribution in [0, 0.1) is 5.92 Å². The molecule has 4 nitrogen and oxygen atoms in total. The first-order valence-corrected chi connectivity index (χ1v) is 7.06. The van der Waals surface area contributed by atoms with Gasteiger partial charge in [0, 0.05) is 30.4 Å². The van der Waals surface area contributed by atoms with E-state index in [0.717, 1.165) is 12.8 Å². The van der Waals surface area contributed by atoms with Crippen LogP contribution in [0.4, 0.5) is 5.82 Å². The van der Waals surface area contributed by atoms with Crippen LogP contribution >= 0.6 is 11.6 Å². The van der Waals surface area contributed by atoms with Crippen molar-refractivity contribution in [2.75, 3.05) is 11.2 Å². The molecule has 2 unspecified atom stereocenters. The smallest absolute Gasteiger partial charge is 0.293 e. The van der Waals surface area contributed by atoms with Crippen LogP contribution in [0.5, 0.6) is 0 Å². The zero-order valence-corrected chi connectivity index (χ0v) is 11.7. The Morgan fingerprint density at radius 3 is 3.00 bits per heavy atom. The van der Waals surface area contributed by atoms with Crippen molar-refractivity contribution < 1.29 is 0 Å². The van der Waals surface area contributed by atoms with Crippen LogP contribution in [0.25, 0.3) is 0 Å². The average Bonchev–Trinajstić information content (AvgIpc) is 2.78. The molecule has 100 valence electrons. The maximum absolute atomic E-state index is 12.2. The zero-order valence-electron chi connectivity index (χ0n) is 10.9. The molecule has 0 saturated heterocycles. The van der Waals surface area contributed by atoms with Crippen molar-refractivity contribution in [2.45, 2.75) is 45.2 Å². The molecule has 1 aliphatic carbocycles. The first-order chi connectivity index (χ1) is 8.63. The number of alkyl halides is 1. The second-order valence-electron chi connectivity index (χ2n) is 5.18. The van der Waals surface area contributed by atoms with Gasteiger partial charge in [-0.25, -0.2) is 4.98 Å². The molecule has 0 spiro atoms. The summed E-state index contributed by atoms with van der Waals surface area (Å²) in [5.74, 6) is 1.54. The number of hydrogen-bond acceptors (Lipinski definition) is 3. The maximum Gasteiger partial charge on any atom is 0.293 e. The first kappa shape index (κ1) is 13.4. The minimum atomic E-state index is -0.0484. The monoisotopic (exact) mass is 269 g/mol. The lowest BCUT2D eigenvalue weighted by molar-refractivity contribution is 0.550. The summed E-state index contributed by atoms with van der Waals surface area (Å²) in [7, 11) is 0. The molecular weight excluding hydrogens is 250 g/mol. The molecule has 2 rings (SSSR count). The number of rotatable bonds is 4. The van der Waals surface area contributed by atoms with Gasteiger partial charge in [-0.2, -0.15) is 0 Å². The minimum absolute atomic E-state index is 0.0484. The molecule has 0 aromatic carbocycles. The van der Waals surface area contributed by atoms with Crippen molar-refractivity contribution in [1.29, 1.82) is 0 Å². The van der Waals surface area contributed by atoms with Gasteiger partial charge in [-0.3, -0.25) is 4.79 Å². The molecule has 1 saturated carbocycles. The second-order valence-corrected chi connectivity index (χ2v) is 5.49. The lowest BCUT2D eigenvalue weighted by Crippen LogP contribution is -2.32. The summed E-state index contributed by atoms with van der Waals surface area (Å²) in [5, 5.41) is 3.28. The Labute approximate surface area is 112 Å². The maximum atomic E-state index is 12.2. The van der Waals surface area contributed by atoms with Gasteiger partial charge in [0.15, 0.2) is 5.82 Å². The van der Waals surface area contributed by atoms with Crippen LogP contribution in [0.3, 0.4) is 0 Å². The van der Waals surface area contributed by atoms with Crippen LogP contribution in [-0.4, -0.2) is 21.5 Å². The second kappa shape index (κ2) is 5.74. The molecule has 0 radical (unpaired) electrons. The van der Waals surface area contributed by atoms with Gasteiger partial charge in [-0.1, -0.05) is 6.42 Å². The van der Waals surface area contributed by atoms with Gasteiger partial charge < -0.3 is 9.88 Å². The Morgan fingerprint density at radius 2 is 2.33 bits per heavy atom. The van der Waals surface area contributed by atoms with E-state index in [-0.39, 0.29) is 17.6 Å². The van der Waals surface area contributed by atoms with E-state index in [2.05, 4.69) is 10.3 Å². The van der Waals surface area contributed by atoms with Crippen LogP contribution in [0.1, 0.15) is 39.2 Å². The third-order valence-corrected chi connectivity index (χ3v) is 4.00. The predicted molar refractivity (Wildman–Crippen MR) is 74.4 cm³/mol. The molecule has 1 N–H and O–H groups in total. The summed E-state index contributed by atoms with van der Waals surface area (Å²) in [6.45, 7) is 3.98. The predicted octanol–water partition coefficient (Wildman–Crippen LogP) is 2.64. The molecule has 1 aromatic rings. The fraction of sp³-hybridized carbons (Fsp3) is 0.692. The van der Waals surface area contributed by atoms with Crippen LogP contribution in [0.2, 0.25) is 0 Å². The van der Waals surface area contributed by atoms with E-state index in [1.807, 2.05) is 13.8 Å². The van der Waals surface area contributed by atoms with Crippen LogP contribution in [-0.2, 0) is 0 Å². The molecule has 18 heavy (non-hydrogen) atoms. The third kappa shape index (κ3) is 2.69. The molecule has 2 atom stereocenters. The quantitative estimate of drug-likeness (QED) is 0.855. The van der Waals surface area contributed by atoms with Crippen molar-refractivity contribution >= 4 is 17.4 Å². The Morgan fingerprint density at radius 1 is 1.56 bits per heavy atom. The summed E-state index contributed by atoms with van der Waals surface area (Å²) in [6.07, 6.45) is 6.77. The molecule has 5 heteroatoms. The van der Waals surface area contributed by atoms with Gasteiger partial charge in [0.25, 0.3) is 5.56 Å². The van der Waals surface area contributed by atoms with Crippen molar-refractivity contribution in [1.82, 2.24) is 9.55 Å². The lowest BCUT2D eigenvalue weighted by Gasteiger charge is -2.20. The van der Waals surface area contributed by atoms with Gasteiger partial charge in [-0.15, -0.1) is 11.6 Å². The molecule has 1 aromatic heterocycles. The van der Waals surface area contributed by atoms with E-state index in [4.69, 9.17) is 11.6 Å². The number of aromatic nitrogens is 2. The highest BCUT2D eigenvalue weighted by Gasteiger charge is 2.27. The lowest BCUT2D eigenvalue weighted by atomic mass is 10.1. The molecule has 1 fully saturated rings. The third-order valence-electron chi connectivity index (χ3n) is 3.60. The Hall–Kier alpha value is -1.03. The Bertz CT molecular complexity index is 458. The number of halogens is 1. The normalized spacial score (nSPS) is 23.6. The SMILES string of the molecule is CC(C)n1ccnc(NC2CCCC2CCl)c1=O. The van der Waals surface area contributed by atoms with Gasteiger partial charge >= 0.3 is 0 Å². The highest BCUT2D eigenvalue weighted by atomic mass is 35.5. The van der Waals surface area contributed by atoms with E-state index in [9.17, 15) is 4.79 Å². The molecule has 1 heterocycles. The fourth-order valence-electron chi connectivity index (χ4n) is 2.52. The van der Waals surface area contributed by atoms with E-state index < -0.39 is 0 Å². The standard InChI is InChI=1S/C13H20ClN3O/c1-9(2)17-7-6-15-12(13(17)18)16-11-5-3-4-10(11)8-14/h6-7,9-11H,3-5,8H2,1-2H3,(H,15,16). The van der Waals surface area contributed by atoms with E-state index in [0.29, 0.717) is 17.6 Å². The van der Waals surface area contributed by atoms with Crippen molar-refractivity contribution in [3.05, 3.63) is 22.7 Å². The van der Waals surface area contributed by atoms with Gasteiger partial charge in [0.05, 0.1) is 0 Å². The van der Waals surface area contributed by atoms with Gasteiger partial charge in [0.2, 0.25) is 0 Å². The summed E-state index contributed by atoms with van der Waals surface area (Å²) in [6, 6.07) is 0.430. The topological polar surface area (TPSA) is 46.9 Å². The highest BCUT2D eigenvalue weighted by molar-refractivity contribution is 6.18. The van der Waals surface area contributed by atoms with E-state index >= 15 is 0 Å². The summed E-state index contributed by atoms with van der Waals surface area (Å²) in [5.41, 5.74) is -0.0484. The van der Waals surface area contributed by atoms with Gasteiger partial charge in [-0.05, 0) is 32.6 Å². The molecular formula is C13H20ClN3O. The fourth-order valence-corrected chi connectivity index (χ4v) is 2.89. The number of nitrogens with zero attached hydrogens (tertiary/aromatic N) is 2. The van der Waals surface area contributed by atoms with E-state index in [1.165, 1.54) is 6.42 Å². The van der Waals surface area contributed by atoms with Crippen molar-refractivity contribution in [2.24, 2.45) is 5.92 Å². The van der Waals surface area contributed by atoms with Crippen LogP contribution in [0.15, 0.2) is 17.2 Å². The number of hydrogen-bond donors (Lipinski definition) is 1. The Kier molecular flexibility index (Phi) is 4.27. The zero-order chi connectivity index (χ0) is 13.1. The average molecular weight is 270 g/mol. The molecule has 0 aliphatic heterocycles. The van der Waals surface area contributed by atoms with Crippen LogP contribution < -0.4 is 10.9 Å². The number of nitrogens with one attached hydrogen (secondary N) is 1. The molecule has 0 amide bonds. The highest BCUT2D eigenvalue weighted by Crippen LogP contribution is 2.28. The van der Waals surface area contributed by atoms with Crippen molar-refractivity contribution in [3.8, 4) is 0 Å². The Balaban J connectivity index is 2.19. The number of anilines is 1. The largest absolute Gasteiger partial charge is 0.362 e. The molecule has 0 bridgehead atoms. The van der Waals surface area contributed by atoms with Gasteiger partial charge in [0.1, 0.15) is 0 Å². The van der Waals surface area contributed by atoms with E-state index in [1.54, 1.807) is 17.0 Å². The summed E-state index contributed by atoms with van der Waals surface area (Å²) >= 11 is 5.95. The minimum Gasteiger partial charge on any atom is -0.362 e. The summed E-state index contributed by atoms with van der Waals surface area (Å²) < 4.78 is 1.69. The molecule has 1 aliphatic rings. The van der Waals surface area contributed by atoms with Crippen molar-refractivity contribution in [3.63, 3.8) is 0 Å². The first-order valence-electron chi connectivity index (χ1n) is 6.53. The summed E-state index contributed by atoms with van der Waals surface area (Å²) in [4.78, 5) is 16.4.